The van der Waals surface area contributed by atoms with E-state index >= 15 is 0 Å². The minimum atomic E-state index is 0.386. The predicted octanol–water partition coefficient (Wildman–Crippen LogP) is 3.23. The summed E-state index contributed by atoms with van der Waals surface area (Å²) in [4.78, 5) is 2.50. The van der Waals surface area contributed by atoms with Crippen LogP contribution in [0.25, 0.3) is 10.9 Å². The molecule has 0 saturated carbocycles. The van der Waals surface area contributed by atoms with Crippen LogP contribution in [0.2, 0.25) is 0 Å². The number of ether oxygens (including phenoxy) is 2. The summed E-state index contributed by atoms with van der Waals surface area (Å²) in [6, 6.07) is 12.7. The van der Waals surface area contributed by atoms with Crippen LogP contribution in [-0.4, -0.2) is 41.0 Å². The quantitative estimate of drug-likeness (QED) is 0.723. The fourth-order valence-corrected chi connectivity index (χ4v) is 4.18. The van der Waals surface area contributed by atoms with E-state index in [1.807, 2.05) is 24.4 Å². The molecule has 3 aromatic rings. The number of piperidine rings is 1. The maximum atomic E-state index is 5.90. The molecule has 5 rings (SSSR count). The molecule has 3 heterocycles. The number of likely N-dealkylation sites (tertiary alicyclic amines) is 1. The van der Waals surface area contributed by atoms with E-state index in [1.165, 1.54) is 12.0 Å². The van der Waals surface area contributed by atoms with Crippen molar-refractivity contribution in [1.82, 2.24) is 14.7 Å². The molecule has 6 heteroatoms. The van der Waals surface area contributed by atoms with Gasteiger partial charge in [-0.1, -0.05) is 6.07 Å². The van der Waals surface area contributed by atoms with Gasteiger partial charge in [-0.25, -0.2) is 0 Å². The van der Waals surface area contributed by atoms with Gasteiger partial charge < -0.3 is 15.2 Å². The highest BCUT2D eigenvalue weighted by Gasteiger charge is 2.23. The number of nitrogens with two attached hydrogens (primary N) is 1. The van der Waals surface area contributed by atoms with Crippen molar-refractivity contribution in [3.8, 4) is 11.5 Å². The summed E-state index contributed by atoms with van der Waals surface area (Å²) in [6.45, 7) is 4.27. The maximum absolute atomic E-state index is 5.90. The van der Waals surface area contributed by atoms with E-state index < -0.39 is 0 Å². The normalized spacial score (nSPS) is 20.1. The standard InChI is InChI=1S/C21H24N4O2/c22-17-4-5-19-16(11-17)12-23-25(19)18-2-1-7-24(14-18)13-15-3-6-20-21(10-15)27-9-8-26-20/h3-6,10-12,18H,1-2,7-9,13-14,22H2. The van der Waals surface area contributed by atoms with Crippen molar-refractivity contribution in [1.29, 1.82) is 0 Å². The number of anilines is 1. The maximum Gasteiger partial charge on any atom is 0.161 e. The fraction of sp³-hybridized carbons (Fsp3) is 0.381. The summed E-state index contributed by atoms with van der Waals surface area (Å²) in [5.74, 6) is 1.71. The Morgan fingerprint density at radius 1 is 1.07 bits per heavy atom. The van der Waals surface area contributed by atoms with Crippen molar-refractivity contribution in [2.24, 2.45) is 0 Å². The highest BCUT2D eigenvalue weighted by molar-refractivity contribution is 5.82. The summed E-state index contributed by atoms with van der Waals surface area (Å²) >= 11 is 0. The second kappa shape index (κ2) is 6.78. The Bertz CT molecular complexity index is 968. The Hall–Kier alpha value is -2.73. The Morgan fingerprint density at radius 2 is 1.96 bits per heavy atom. The fourth-order valence-electron chi connectivity index (χ4n) is 4.18. The third-order valence-electron chi connectivity index (χ3n) is 5.46. The molecule has 1 aromatic heterocycles. The van der Waals surface area contributed by atoms with Gasteiger partial charge in [-0.3, -0.25) is 9.58 Å². The number of fused-ring (bicyclic) bond motifs is 2. The van der Waals surface area contributed by atoms with Gasteiger partial charge >= 0.3 is 0 Å². The van der Waals surface area contributed by atoms with E-state index in [9.17, 15) is 0 Å². The number of nitrogen functional groups attached to an aromatic ring is 1. The predicted molar refractivity (Wildman–Crippen MR) is 105 cm³/mol. The molecular weight excluding hydrogens is 340 g/mol. The van der Waals surface area contributed by atoms with Crippen LogP contribution in [0.4, 0.5) is 5.69 Å². The molecule has 27 heavy (non-hydrogen) atoms. The molecule has 0 spiro atoms. The first-order chi connectivity index (χ1) is 13.3. The first-order valence-electron chi connectivity index (χ1n) is 9.60. The van der Waals surface area contributed by atoms with Gasteiger partial charge in [0.25, 0.3) is 0 Å². The lowest BCUT2D eigenvalue weighted by Gasteiger charge is -2.33. The molecule has 6 nitrogen and oxygen atoms in total. The molecule has 2 N–H and O–H groups in total. The first kappa shape index (κ1) is 16.4. The molecule has 140 valence electrons. The van der Waals surface area contributed by atoms with Crippen LogP contribution in [0.5, 0.6) is 11.5 Å². The summed E-state index contributed by atoms with van der Waals surface area (Å²) < 4.78 is 13.5. The molecule has 0 amide bonds. The van der Waals surface area contributed by atoms with Crippen molar-refractivity contribution in [2.45, 2.75) is 25.4 Å². The van der Waals surface area contributed by atoms with E-state index in [0.717, 1.165) is 54.1 Å². The summed E-state index contributed by atoms with van der Waals surface area (Å²) in [6.07, 6.45) is 4.25. The smallest absolute Gasteiger partial charge is 0.161 e. The van der Waals surface area contributed by atoms with Crippen molar-refractivity contribution >= 4 is 16.6 Å². The topological polar surface area (TPSA) is 65.5 Å². The highest BCUT2D eigenvalue weighted by Crippen LogP contribution is 2.32. The molecule has 1 atom stereocenters. The number of nitrogens with zero attached hydrogens (tertiary/aromatic N) is 3. The summed E-state index contributed by atoms with van der Waals surface area (Å²) in [7, 11) is 0. The van der Waals surface area contributed by atoms with Gasteiger partial charge in [0, 0.05) is 24.2 Å². The second-order valence-corrected chi connectivity index (χ2v) is 7.42. The average Bonchev–Trinajstić information content (AvgIpc) is 3.11. The van der Waals surface area contributed by atoms with Crippen LogP contribution >= 0.6 is 0 Å². The number of rotatable bonds is 3. The monoisotopic (exact) mass is 364 g/mol. The minimum absolute atomic E-state index is 0.386. The van der Waals surface area contributed by atoms with E-state index in [2.05, 4.69) is 32.9 Å². The van der Waals surface area contributed by atoms with Gasteiger partial charge in [0.15, 0.2) is 11.5 Å². The molecule has 1 fully saturated rings. The van der Waals surface area contributed by atoms with Crippen molar-refractivity contribution in [2.75, 3.05) is 32.0 Å². The number of hydrogen-bond acceptors (Lipinski definition) is 5. The Morgan fingerprint density at radius 3 is 2.89 bits per heavy atom. The van der Waals surface area contributed by atoms with Gasteiger partial charge in [0.1, 0.15) is 13.2 Å². The minimum Gasteiger partial charge on any atom is -0.486 e. The van der Waals surface area contributed by atoms with Crippen LogP contribution in [0.15, 0.2) is 42.6 Å². The van der Waals surface area contributed by atoms with Crippen LogP contribution < -0.4 is 15.2 Å². The van der Waals surface area contributed by atoms with Gasteiger partial charge in [-0.2, -0.15) is 5.10 Å². The van der Waals surface area contributed by atoms with E-state index in [0.29, 0.717) is 19.3 Å². The molecule has 2 aliphatic heterocycles. The number of benzene rings is 2. The second-order valence-electron chi connectivity index (χ2n) is 7.42. The molecule has 1 saturated heterocycles. The van der Waals surface area contributed by atoms with E-state index in [4.69, 9.17) is 15.2 Å². The van der Waals surface area contributed by atoms with Crippen LogP contribution in [-0.2, 0) is 6.54 Å². The summed E-state index contributed by atoms with van der Waals surface area (Å²) in [5, 5.41) is 5.77. The summed E-state index contributed by atoms with van der Waals surface area (Å²) in [5.41, 5.74) is 9.11. The largest absolute Gasteiger partial charge is 0.486 e. The molecular formula is C21H24N4O2. The van der Waals surface area contributed by atoms with Crippen molar-refractivity contribution < 1.29 is 9.47 Å². The zero-order chi connectivity index (χ0) is 18.2. The third kappa shape index (κ3) is 3.21. The Balaban J connectivity index is 1.33. The van der Waals surface area contributed by atoms with Gasteiger partial charge in [-0.05, 0) is 55.3 Å². The SMILES string of the molecule is Nc1ccc2c(cnn2C2CCCN(Cc3ccc4c(c3)OCCO4)C2)c1. The lowest BCUT2D eigenvalue weighted by molar-refractivity contribution is 0.162. The highest BCUT2D eigenvalue weighted by atomic mass is 16.6. The third-order valence-corrected chi connectivity index (χ3v) is 5.46. The van der Waals surface area contributed by atoms with Crippen molar-refractivity contribution in [3.05, 3.63) is 48.2 Å². The van der Waals surface area contributed by atoms with Crippen LogP contribution in [0, 0.1) is 0 Å². The number of hydrogen-bond donors (Lipinski definition) is 1. The van der Waals surface area contributed by atoms with Crippen LogP contribution in [0.1, 0.15) is 24.4 Å². The zero-order valence-corrected chi connectivity index (χ0v) is 15.3. The van der Waals surface area contributed by atoms with Crippen molar-refractivity contribution in [3.63, 3.8) is 0 Å². The average molecular weight is 364 g/mol. The van der Waals surface area contributed by atoms with Crippen LogP contribution in [0.3, 0.4) is 0 Å². The molecule has 2 aliphatic rings. The first-order valence-corrected chi connectivity index (χ1v) is 9.60. The molecule has 2 aromatic carbocycles. The Kier molecular flexibility index (Phi) is 4.13. The molecule has 0 bridgehead atoms. The molecule has 0 aliphatic carbocycles. The van der Waals surface area contributed by atoms with E-state index in [-0.39, 0.29) is 0 Å². The van der Waals surface area contributed by atoms with E-state index in [1.54, 1.807) is 0 Å². The number of aromatic nitrogens is 2. The molecule has 0 radical (unpaired) electrons. The zero-order valence-electron chi connectivity index (χ0n) is 15.3. The van der Waals surface area contributed by atoms with Gasteiger partial charge in [0.2, 0.25) is 0 Å². The van der Waals surface area contributed by atoms with Gasteiger partial charge in [-0.15, -0.1) is 0 Å². The lowest BCUT2D eigenvalue weighted by Crippen LogP contribution is -2.36. The van der Waals surface area contributed by atoms with Gasteiger partial charge in [0.05, 0.1) is 17.8 Å². The molecule has 1 unspecified atom stereocenters. The Labute approximate surface area is 158 Å². The lowest BCUT2D eigenvalue weighted by atomic mass is 10.0.